The summed E-state index contributed by atoms with van der Waals surface area (Å²) in [4.78, 5) is 8.94. The van der Waals surface area contributed by atoms with Crippen LogP contribution in [0.4, 0.5) is 4.39 Å². The minimum atomic E-state index is -0.191. The molecule has 3 rings (SSSR count). The largest absolute Gasteiger partial charge is 0.356 e. The Hall–Kier alpha value is -2.89. The van der Waals surface area contributed by atoms with E-state index in [9.17, 15) is 4.39 Å². The number of aryl methyl sites for hydroxylation is 2. The topological polar surface area (TPSA) is 53.7 Å². The summed E-state index contributed by atoms with van der Waals surface area (Å²) >= 11 is 0. The molecule has 0 unspecified atom stereocenters. The van der Waals surface area contributed by atoms with E-state index in [4.69, 9.17) is 0 Å². The van der Waals surface area contributed by atoms with Gasteiger partial charge in [0.15, 0.2) is 5.96 Å². The van der Waals surface area contributed by atoms with E-state index >= 15 is 0 Å². The van der Waals surface area contributed by atoms with Gasteiger partial charge in [0.05, 0.1) is 5.69 Å². The van der Waals surface area contributed by atoms with Gasteiger partial charge in [0.2, 0.25) is 0 Å². The predicted molar refractivity (Wildman–Crippen MR) is 108 cm³/mol. The molecule has 0 amide bonds. The number of hydrogen-bond donors (Lipinski definition) is 2. The number of hydrogen-bond acceptors (Lipinski definition) is 2. The maximum absolute atomic E-state index is 13.2. The lowest BCUT2D eigenvalue weighted by Crippen LogP contribution is -2.39. The number of nitrogens with zero attached hydrogens (tertiary/aromatic N) is 3. The van der Waals surface area contributed by atoms with Crippen LogP contribution < -0.4 is 10.6 Å². The molecule has 2 heterocycles. The van der Waals surface area contributed by atoms with Crippen molar-refractivity contribution in [1.29, 1.82) is 0 Å². The molecule has 0 saturated carbocycles. The van der Waals surface area contributed by atoms with Crippen LogP contribution in [0.5, 0.6) is 0 Å². The van der Waals surface area contributed by atoms with E-state index in [0.29, 0.717) is 0 Å². The van der Waals surface area contributed by atoms with E-state index < -0.39 is 0 Å². The van der Waals surface area contributed by atoms with Crippen molar-refractivity contribution in [2.24, 2.45) is 4.99 Å². The summed E-state index contributed by atoms with van der Waals surface area (Å²) < 4.78 is 15.2. The van der Waals surface area contributed by atoms with Crippen LogP contribution in [-0.4, -0.2) is 35.5 Å². The van der Waals surface area contributed by atoms with Gasteiger partial charge in [-0.1, -0.05) is 12.1 Å². The lowest BCUT2D eigenvalue weighted by Gasteiger charge is -2.12. The molecule has 0 aliphatic heterocycles. The zero-order valence-electron chi connectivity index (χ0n) is 16.1. The Balaban J connectivity index is 1.46. The molecule has 2 aromatic heterocycles. The minimum absolute atomic E-state index is 0.191. The number of pyridine rings is 1. The van der Waals surface area contributed by atoms with Gasteiger partial charge < -0.3 is 15.0 Å². The summed E-state index contributed by atoms with van der Waals surface area (Å²) in [6.07, 6.45) is 5.72. The van der Waals surface area contributed by atoms with Crippen molar-refractivity contribution in [2.75, 3.05) is 20.1 Å². The Morgan fingerprint density at radius 2 is 1.89 bits per heavy atom. The van der Waals surface area contributed by atoms with Gasteiger partial charge in [-0.05, 0) is 55.2 Å². The van der Waals surface area contributed by atoms with Crippen LogP contribution in [0.25, 0.3) is 5.65 Å². The molecule has 0 fully saturated rings. The van der Waals surface area contributed by atoms with Gasteiger partial charge >= 0.3 is 0 Å². The van der Waals surface area contributed by atoms with Gasteiger partial charge in [0.25, 0.3) is 0 Å². The average Bonchev–Trinajstić information content (AvgIpc) is 3.06. The van der Waals surface area contributed by atoms with Crippen molar-refractivity contribution >= 4 is 11.6 Å². The first kappa shape index (κ1) is 18.9. The number of aromatic nitrogens is 2. The van der Waals surface area contributed by atoms with Crippen molar-refractivity contribution in [3.63, 3.8) is 0 Å². The fraction of sp³-hybridized carbons (Fsp3) is 0.333. The van der Waals surface area contributed by atoms with Crippen LogP contribution in [0.15, 0.2) is 47.7 Å². The lowest BCUT2D eigenvalue weighted by molar-refractivity contribution is 0.625. The van der Waals surface area contributed by atoms with Gasteiger partial charge in [-0.3, -0.25) is 4.99 Å². The Labute approximate surface area is 159 Å². The summed E-state index contributed by atoms with van der Waals surface area (Å²) in [5.41, 5.74) is 5.34. The second-order valence-electron chi connectivity index (χ2n) is 6.65. The number of nitrogens with one attached hydrogen (secondary N) is 2. The van der Waals surface area contributed by atoms with Crippen LogP contribution in [0, 0.1) is 19.7 Å². The van der Waals surface area contributed by atoms with E-state index in [1.807, 2.05) is 25.3 Å². The zero-order valence-corrected chi connectivity index (χ0v) is 16.1. The molecule has 0 aliphatic rings. The van der Waals surface area contributed by atoms with Crippen LogP contribution in [0.2, 0.25) is 0 Å². The maximum Gasteiger partial charge on any atom is 0.190 e. The Kier molecular flexibility index (Phi) is 6.06. The first-order chi connectivity index (χ1) is 13.1. The smallest absolute Gasteiger partial charge is 0.190 e. The Morgan fingerprint density at radius 1 is 1.11 bits per heavy atom. The second kappa shape index (κ2) is 8.66. The number of halogens is 1. The summed E-state index contributed by atoms with van der Waals surface area (Å²) in [7, 11) is 1.76. The van der Waals surface area contributed by atoms with E-state index in [2.05, 4.69) is 44.2 Å². The van der Waals surface area contributed by atoms with Crippen molar-refractivity contribution in [1.82, 2.24) is 20.0 Å². The fourth-order valence-electron chi connectivity index (χ4n) is 3.11. The Bertz CT molecular complexity index is 945. The van der Waals surface area contributed by atoms with Crippen molar-refractivity contribution in [3.05, 3.63) is 70.9 Å². The van der Waals surface area contributed by atoms with E-state index in [1.165, 1.54) is 11.6 Å². The third kappa shape index (κ3) is 4.84. The molecule has 6 heteroatoms. The molecule has 1 aromatic carbocycles. The van der Waals surface area contributed by atoms with Gasteiger partial charge in [0.1, 0.15) is 11.5 Å². The molecule has 0 spiro atoms. The number of rotatable bonds is 6. The van der Waals surface area contributed by atoms with E-state index in [-0.39, 0.29) is 5.82 Å². The molecule has 0 bridgehead atoms. The SMILES string of the molecule is CN=C(NCCc1cn2cccc(C)c2n1)NCCc1ccc(F)cc1C. The molecule has 3 aromatic rings. The van der Waals surface area contributed by atoms with Gasteiger partial charge in [-0.2, -0.15) is 0 Å². The summed E-state index contributed by atoms with van der Waals surface area (Å²) in [6, 6.07) is 9.01. The third-order valence-electron chi connectivity index (χ3n) is 4.62. The van der Waals surface area contributed by atoms with Crippen molar-refractivity contribution < 1.29 is 4.39 Å². The van der Waals surface area contributed by atoms with Crippen molar-refractivity contribution in [3.8, 4) is 0 Å². The molecule has 27 heavy (non-hydrogen) atoms. The summed E-state index contributed by atoms with van der Waals surface area (Å²) in [6.45, 7) is 5.49. The van der Waals surface area contributed by atoms with Gasteiger partial charge in [-0.25, -0.2) is 9.37 Å². The first-order valence-corrected chi connectivity index (χ1v) is 9.19. The molecule has 142 valence electrons. The van der Waals surface area contributed by atoms with Crippen LogP contribution in [0.3, 0.4) is 0 Å². The number of guanidine groups is 1. The summed E-state index contributed by atoms with van der Waals surface area (Å²) in [5, 5.41) is 6.62. The molecule has 0 saturated heterocycles. The predicted octanol–water partition coefficient (Wildman–Crippen LogP) is 3.04. The molecular weight excluding hydrogens is 341 g/mol. The van der Waals surface area contributed by atoms with E-state index in [0.717, 1.165) is 54.4 Å². The summed E-state index contributed by atoms with van der Waals surface area (Å²) in [5.74, 6) is 0.568. The molecule has 0 atom stereocenters. The lowest BCUT2D eigenvalue weighted by atomic mass is 10.1. The zero-order chi connectivity index (χ0) is 19.2. The highest BCUT2D eigenvalue weighted by molar-refractivity contribution is 5.79. The molecular formula is C21H26FN5. The molecule has 2 N–H and O–H groups in total. The maximum atomic E-state index is 13.2. The van der Waals surface area contributed by atoms with Crippen LogP contribution in [0.1, 0.15) is 22.4 Å². The fourth-order valence-corrected chi connectivity index (χ4v) is 3.11. The monoisotopic (exact) mass is 367 g/mol. The number of aliphatic imine (C=N–C) groups is 1. The average molecular weight is 367 g/mol. The van der Waals surface area contributed by atoms with Crippen LogP contribution in [-0.2, 0) is 12.8 Å². The van der Waals surface area contributed by atoms with Crippen LogP contribution >= 0.6 is 0 Å². The first-order valence-electron chi connectivity index (χ1n) is 9.19. The third-order valence-corrected chi connectivity index (χ3v) is 4.62. The molecule has 5 nitrogen and oxygen atoms in total. The highest BCUT2D eigenvalue weighted by Gasteiger charge is 2.05. The van der Waals surface area contributed by atoms with Crippen molar-refractivity contribution in [2.45, 2.75) is 26.7 Å². The normalized spacial score (nSPS) is 11.8. The van der Waals surface area contributed by atoms with Gasteiger partial charge in [-0.15, -0.1) is 0 Å². The Morgan fingerprint density at radius 3 is 2.59 bits per heavy atom. The second-order valence-corrected chi connectivity index (χ2v) is 6.65. The molecule has 0 aliphatic carbocycles. The standard InChI is InChI=1S/C21H26FN5/c1-15-5-4-12-27-14-19(26-20(15)27)9-11-25-21(23-3)24-10-8-17-6-7-18(22)13-16(17)2/h4-7,12-14H,8-11H2,1-3H3,(H2,23,24,25). The molecule has 0 radical (unpaired) electrons. The van der Waals surface area contributed by atoms with E-state index in [1.54, 1.807) is 13.1 Å². The number of fused-ring (bicyclic) bond motifs is 1. The highest BCUT2D eigenvalue weighted by atomic mass is 19.1. The number of imidazole rings is 1. The van der Waals surface area contributed by atoms with Gasteiger partial charge in [0, 0.05) is 39.0 Å². The minimum Gasteiger partial charge on any atom is -0.356 e. The number of benzene rings is 1. The highest BCUT2D eigenvalue weighted by Crippen LogP contribution is 2.11. The quantitative estimate of drug-likeness (QED) is 0.520.